The number of hydrogen-bond acceptors (Lipinski definition) is 2. The van der Waals surface area contributed by atoms with E-state index in [1.54, 1.807) is 0 Å². The highest BCUT2D eigenvalue weighted by atomic mass is 35.5. The first-order valence-electron chi connectivity index (χ1n) is 7.69. The Hall–Kier alpha value is 0.01000. The van der Waals surface area contributed by atoms with Crippen LogP contribution >= 0.6 is 34.8 Å². The van der Waals surface area contributed by atoms with Crippen molar-refractivity contribution in [3.05, 3.63) is 32.8 Å². The first-order chi connectivity index (χ1) is 10.1. The van der Waals surface area contributed by atoms with Crippen molar-refractivity contribution in [3.63, 3.8) is 0 Å². The van der Waals surface area contributed by atoms with Crippen molar-refractivity contribution in [1.82, 2.24) is 10.2 Å². The maximum Gasteiger partial charge on any atom is 0.0781 e. The molecular weight excluding hydrogens is 327 g/mol. The maximum absolute atomic E-state index is 6.34. The zero-order valence-electron chi connectivity index (χ0n) is 12.2. The number of halogens is 3. The third kappa shape index (κ3) is 3.35. The predicted molar refractivity (Wildman–Crippen MR) is 90.6 cm³/mol. The molecule has 1 N–H and O–H groups in total. The average molecular weight is 348 g/mol. The van der Waals surface area contributed by atoms with E-state index in [1.807, 2.05) is 12.1 Å². The van der Waals surface area contributed by atoms with E-state index >= 15 is 0 Å². The fourth-order valence-corrected chi connectivity index (χ4v) is 4.40. The Bertz CT molecular complexity index is 520. The van der Waals surface area contributed by atoms with Crippen molar-refractivity contribution in [2.75, 3.05) is 13.1 Å². The maximum atomic E-state index is 6.34. The van der Waals surface area contributed by atoms with E-state index < -0.39 is 0 Å². The summed E-state index contributed by atoms with van der Waals surface area (Å²) in [5.41, 5.74) is 1.03. The molecule has 116 valence electrons. The predicted octanol–water partition coefficient (Wildman–Crippen LogP) is 4.92. The van der Waals surface area contributed by atoms with Crippen molar-refractivity contribution in [2.24, 2.45) is 0 Å². The summed E-state index contributed by atoms with van der Waals surface area (Å²) in [7, 11) is 0. The van der Waals surface area contributed by atoms with Gasteiger partial charge in [-0.15, -0.1) is 0 Å². The molecule has 0 saturated carbocycles. The Labute approximate surface area is 141 Å². The van der Waals surface area contributed by atoms with Gasteiger partial charge in [-0.25, -0.2) is 0 Å². The van der Waals surface area contributed by atoms with Crippen molar-refractivity contribution < 1.29 is 0 Å². The van der Waals surface area contributed by atoms with Gasteiger partial charge in [-0.05, 0) is 57.3 Å². The van der Waals surface area contributed by atoms with Crippen molar-refractivity contribution in [2.45, 2.75) is 50.7 Å². The summed E-state index contributed by atoms with van der Waals surface area (Å²) < 4.78 is 0. The Morgan fingerprint density at radius 2 is 1.95 bits per heavy atom. The molecule has 0 radical (unpaired) electrons. The third-order valence-corrected chi connectivity index (χ3v) is 6.15. The minimum atomic E-state index is 0.185. The molecule has 2 nitrogen and oxygen atoms in total. The fraction of sp³-hybridized carbons (Fsp3) is 0.625. The van der Waals surface area contributed by atoms with Crippen LogP contribution in [0.4, 0.5) is 0 Å². The molecule has 2 aliphatic rings. The Balaban J connectivity index is 1.66. The molecule has 2 saturated heterocycles. The first-order valence-corrected chi connectivity index (χ1v) is 8.83. The zero-order valence-corrected chi connectivity index (χ0v) is 14.5. The molecule has 3 unspecified atom stereocenters. The molecule has 0 amide bonds. The molecule has 0 bridgehead atoms. The standard InChI is InChI=1S/C16H21Cl3N2/c1-10(13-4-5-14(17)16(19)15(13)18)20-11-6-8-21-7-2-3-12(21)9-11/h4-5,10-12,20H,2-3,6-9H2,1H3. The summed E-state index contributed by atoms with van der Waals surface area (Å²) in [6.07, 6.45) is 5.15. The largest absolute Gasteiger partial charge is 0.307 e. The van der Waals surface area contributed by atoms with E-state index in [9.17, 15) is 0 Å². The van der Waals surface area contributed by atoms with Gasteiger partial charge in [0.2, 0.25) is 0 Å². The van der Waals surface area contributed by atoms with Crippen LogP contribution < -0.4 is 5.32 Å². The smallest absolute Gasteiger partial charge is 0.0781 e. The summed E-state index contributed by atoms with van der Waals surface area (Å²) >= 11 is 18.5. The normalized spacial score (nSPS) is 27.6. The molecule has 3 rings (SSSR count). The minimum Gasteiger partial charge on any atom is -0.307 e. The summed E-state index contributed by atoms with van der Waals surface area (Å²) in [4.78, 5) is 2.63. The molecule has 5 heteroatoms. The van der Waals surface area contributed by atoms with Crippen LogP contribution in [0.1, 0.15) is 44.2 Å². The second-order valence-electron chi connectivity index (χ2n) is 6.21. The molecule has 2 aliphatic heterocycles. The summed E-state index contributed by atoms with van der Waals surface area (Å²) in [5.74, 6) is 0. The second kappa shape index (κ2) is 6.64. The van der Waals surface area contributed by atoms with Crippen LogP contribution in [0.2, 0.25) is 15.1 Å². The van der Waals surface area contributed by atoms with Crippen molar-refractivity contribution in [1.29, 1.82) is 0 Å². The summed E-state index contributed by atoms with van der Waals surface area (Å²) in [5, 5.41) is 5.26. The average Bonchev–Trinajstić information content (AvgIpc) is 2.92. The van der Waals surface area contributed by atoms with Gasteiger partial charge in [-0.1, -0.05) is 40.9 Å². The van der Waals surface area contributed by atoms with Crippen molar-refractivity contribution >= 4 is 34.8 Å². The van der Waals surface area contributed by atoms with Crippen LogP contribution in [0.25, 0.3) is 0 Å². The molecule has 21 heavy (non-hydrogen) atoms. The number of fused-ring (bicyclic) bond motifs is 1. The number of benzene rings is 1. The lowest BCUT2D eigenvalue weighted by Crippen LogP contribution is -2.46. The summed E-state index contributed by atoms with van der Waals surface area (Å²) in [6.45, 7) is 4.64. The number of rotatable bonds is 3. The van der Waals surface area contributed by atoms with Crippen LogP contribution in [-0.2, 0) is 0 Å². The Kier molecular flexibility index (Phi) is 5.02. The Morgan fingerprint density at radius 3 is 2.76 bits per heavy atom. The number of nitrogens with one attached hydrogen (secondary N) is 1. The van der Waals surface area contributed by atoms with Gasteiger partial charge in [0.05, 0.1) is 15.1 Å². The van der Waals surface area contributed by atoms with Gasteiger partial charge in [0.15, 0.2) is 0 Å². The van der Waals surface area contributed by atoms with E-state index in [0.29, 0.717) is 21.1 Å². The lowest BCUT2D eigenvalue weighted by atomic mass is 9.96. The zero-order chi connectivity index (χ0) is 15.0. The van der Waals surface area contributed by atoms with Gasteiger partial charge in [-0.3, -0.25) is 0 Å². The van der Waals surface area contributed by atoms with Gasteiger partial charge in [-0.2, -0.15) is 0 Å². The highest BCUT2D eigenvalue weighted by molar-refractivity contribution is 6.48. The van der Waals surface area contributed by atoms with E-state index in [-0.39, 0.29) is 6.04 Å². The molecule has 0 spiro atoms. The van der Waals surface area contributed by atoms with Gasteiger partial charge in [0.1, 0.15) is 0 Å². The summed E-state index contributed by atoms with van der Waals surface area (Å²) in [6, 6.07) is 5.31. The minimum absolute atomic E-state index is 0.185. The monoisotopic (exact) mass is 346 g/mol. The molecule has 3 atom stereocenters. The van der Waals surface area contributed by atoms with E-state index in [4.69, 9.17) is 34.8 Å². The van der Waals surface area contributed by atoms with E-state index in [0.717, 1.165) is 11.6 Å². The molecule has 1 aromatic carbocycles. The molecule has 2 heterocycles. The van der Waals surface area contributed by atoms with Crippen LogP contribution in [-0.4, -0.2) is 30.1 Å². The lowest BCUT2D eigenvalue weighted by molar-refractivity contribution is 0.162. The lowest BCUT2D eigenvalue weighted by Gasteiger charge is -2.36. The molecule has 2 fully saturated rings. The third-order valence-electron chi connectivity index (χ3n) is 4.84. The van der Waals surface area contributed by atoms with E-state index in [1.165, 1.54) is 38.8 Å². The molecular formula is C16H21Cl3N2. The van der Waals surface area contributed by atoms with Crippen LogP contribution in [0.3, 0.4) is 0 Å². The number of nitrogens with zero attached hydrogens (tertiary/aromatic N) is 1. The second-order valence-corrected chi connectivity index (χ2v) is 7.37. The van der Waals surface area contributed by atoms with Gasteiger partial charge < -0.3 is 10.2 Å². The van der Waals surface area contributed by atoms with Crippen molar-refractivity contribution in [3.8, 4) is 0 Å². The SMILES string of the molecule is CC(NC1CCN2CCCC2C1)c1ccc(Cl)c(Cl)c1Cl. The molecule has 0 aliphatic carbocycles. The van der Waals surface area contributed by atoms with Crippen LogP contribution in [0.5, 0.6) is 0 Å². The highest BCUT2D eigenvalue weighted by Gasteiger charge is 2.32. The first kappa shape index (κ1) is 15.9. The topological polar surface area (TPSA) is 15.3 Å². The van der Waals surface area contributed by atoms with Gasteiger partial charge >= 0.3 is 0 Å². The van der Waals surface area contributed by atoms with Gasteiger partial charge in [0, 0.05) is 18.1 Å². The van der Waals surface area contributed by atoms with E-state index in [2.05, 4.69) is 17.1 Å². The molecule has 0 aromatic heterocycles. The van der Waals surface area contributed by atoms with Gasteiger partial charge in [0.25, 0.3) is 0 Å². The Morgan fingerprint density at radius 1 is 1.14 bits per heavy atom. The number of hydrogen-bond donors (Lipinski definition) is 1. The number of piperidine rings is 1. The van der Waals surface area contributed by atoms with Crippen LogP contribution in [0, 0.1) is 0 Å². The van der Waals surface area contributed by atoms with Crippen LogP contribution in [0.15, 0.2) is 12.1 Å². The highest BCUT2D eigenvalue weighted by Crippen LogP contribution is 2.36. The fourth-order valence-electron chi connectivity index (χ4n) is 3.69. The molecule has 1 aromatic rings. The quantitative estimate of drug-likeness (QED) is 0.780.